The van der Waals surface area contributed by atoms with E-state index in [4.69, 9.17) is 10.1 Å². The summed E-state index contributed by atoms with van der Waals surface area (Å²) < 4.78 is 0. The number of benzene rings is 1. The molecular weight excluding hydrogens is 482 g/mol. The molecule has 3 aliphatic rings. The predicted octanol–water partition coefficient (Wildman–Crippen LogP) is 4.80. The highest BCUT2D eigenvalue weighted by molar-refractivity contribution is 5.98. The van der Waals surface area contributed by atoms with Crippen molar-refractivity contribution in [3.8, 4) is 11.1 Å². The van der Waals surface area contributed by atoms with Crippen molar-refractivity contribution in [1.29, 1.82) is 0 Å². The van der Waals surface area contributed by atoms with Crippen LogP contribution in [0.15, 0.2) is 48.2 Å². The third-order valence-electron chi connectivity index (χ3n) is 8.00. The molecule has 4 heterocycles. The normalized spacial score (nSPS) is 22.9. The summed E-state index contributed by atoms with van der Waals surface area (Å²) in [6.45, 7) is 4.56. The zero-order valence-corrected chi connectivity index (χ0v) is 21.7. The summed E-state index contributed by atoms with van der Waals surface area (Å²) in [5.74, 6) is 0.170. The van der Waals surface area contributed by atoms with Crippen LogP contribution in [0.25, 0.3) is 11.1 Å². The van der Waals surface area contributed by atoms with E-state index in [-0.39, 0.29) is 23.8 Å². The molecule has 200 valence electrons. The van der Waals surface area contributed by atoms with Crippen molar-refractivity contribution in [2.45, 2.75) is 51.5 Å². The quantitative estimate of drug-likeness (QED) is 0.464. The standard InChI is InChI=1S/C29H35N5O4/c1-18-3-2-4-26(34-14-10-20(16-27(34)35)19-7-11-30-12-8-19)25-15-21(9-13-31-25)23-6-5-22(32-29(37)38)17-24(23)33-28(18)36/h5-6,9,13,15-19,26,30,32H,2-4,7-8,10-12,14H2,1H3,(H,33,36)(H,37,38)/t18-,26+/m1/s1. The molecule has 0 saturated carbocycles. The van der Waals surface area contributed by atoms with Gasteiger partial charge in [0.1, 0.15) is 0 Å². The van der Waals surface area contributed by atoms with Gasteiger partial charge in [0, 0.05) is 36.0 Å². The number of carbonyl (C=O) groups is 3. The minimum Gasteiger partial charge on any atom is -0.465 e. The fourth-order valence-corrected chi connectivity index (χ4v) is 5.86. The molecular formula is C29H35N5O4. The topological polar surface area (TPSA) is 124 Å². The lowest BCUT2D eigenvalue weighted by Crippen LogP contribution is -2.39. The van der Waals surface area contributed by atoms with Gasteiger partial charge in [-0.1, -0.05) is 25.0 Å². The molecule has 0 radical (unpaired) electrons. The molecule has 4 N–H and O–H groups in total. The number of hydrogen-bond donors (Lipinski definition) is 4. The molecule has 0 unspecified atom stereocenters. The van der Waals surface area contributed by atoms with Crippen LogP contribution >= 0.6 is 0 Å². The molecule has 9 nitrogen and oxygen atoms in total. The maximum Gasteiger partial charge on any atom is 0.409 e. The molecule has 5 rings (SSSR count). The molecule has 3 amide bonds. The molecule has 1 saturated heterocycles. The molecule has 2 atom stereocenters. The SMILES string of the molecule is C[C@@H]1CCC[C@H](N2CCC(C3CCNCC3)=CC2=O)c2cc(ccn2)-c2ccc(NC(=O)O)cc2NC1=O. The number of nitrogens with zero attached hydrogens (tertiary/aromatic N) is 2. The maximum atomic E-state index is 13.4. The van der Waals surface area contributed by atoms with E-state index in [2.05, 4.69) is 16.0 Å². The average molecular weight is 518 g/mol. The van der Waals surface area contributed by atoms with Crippen molar-refractivity contribution < 1.29 is 19.5 Å². The summed E-state index contributed by atoms with van der Waals surface area (Å²) in [5.41, 5.74) is 4.62. The van der Waals surface area contributed by atoms with Gasteiger partial charge < -0.3 is 20.6 Å². The number of hydrogen-bond acceptors (Lipinski definition) is 5. The Morgan fingerprint density at radius 2 is 1.92 bits per heavy atom. The minimum absolute atomic E-state index is 0.0460. The monoisotopic (exact) mass is 517 g/mol. The van der Waals surface area contributed by atoms with Crippen molar-refractivity contribution in [2.75, 3.05) is 30.3 Å². The number of fused-ring (bicyclic) bond motifs is 4. The Balaban J connectivity index is 1.49. The second-order valence-corrected chi connectivity index (χ2v) is 10.5. The first kappa shape index (κ1) is 25.9. The fraction of sp³-hybridized carbons (Fsp3) is 0.448. The van der Waals surface area contributed by atoms with Crippen molar-refractivity contribution >= 4 is 29.3 Å². The van der Waals surface area contributed by atoms with Crippen LogP contribution in [0.2, 0.25) is 0 Å². The molecule has 3 aliphatic heterocycles. The molecule has 1 fully saturated rings. The summed E-state index contributed by atoms with van der Waals surface area (Å²) in [7, 11) is 0. The van der Waals surface area contributed by atoms with Gasteiger partial charge in [-0.05, 0) is 80.9 Å². The van der Waals surface area contributed by atoms with Crippen molar-refractivity contribution in [3.63, 3.8) is 0 Å². The van der Waals surface area contributed by atoms with Crippen LogP contribution in [0.5, 0.6) is 0 Å². The third-order valence-corrected chi connectivity index (χ3v) is 8.00. The van der Waals surface area contributed by atoms with Crippen LogP contribution in [0.4, 0.5) is 16.2 Å². The van der Waals surface area contributed by atoms with Crippen LogP contribution in [0.3, 0.4) is 0 Å². The Morgan fingerprint density at radius 1 is 1.11 bits per heavy atom. The molecule has 2 aromatic rings. The van der Waals surface area contributed by atoms with E-state index in [9.17, 15) is 14.4 Å². The molecule has 38 heavy (non-hydrogen) atoms. The lowest BCUT2D eigenvalue weighted by molar-refractivity contribution is -0.129. The zero-order valence-electron chi connectivity index (χ0n) is 21.7. The molecule has 1 aromatic heterocycles. The van der Waals surface area contributed by atoms with Gasteiger partial charge in [0.15, 0.2) is 0 Å². The minimum atomic E-state index is -1.17. The van der Waals surface area contributed by atoms with Crippen molar-refractivity contribution in [2.24, 2.45) is 11.8 Å². The Morgan fingerprint density at radius 3 is 2.68 bits per heavy atom. The van der Waals surface area contributed by atoms with Gasteiger partial charge in [0.25, 0.3) is 0 Å². The Kier molecular flexibility index (Phi) is 7.74. The first-order valence-electron chi connectivity index (χ1n) is 13.5. The van der Waals surface area contributed by atoms with Gasteiger partial charge >= 0.3 is 6.09 Å². The van der Waals surface area contributed by atoms with Crippen molar-refractivity contribution in [3.05, 3.63) is 53.9 Å². The van der Waals surface area contributed by atoms with Gasteiger partial charge in [-0.3, -0.25) is 19.9 Å². The number of carboxylic acid groups (broad SMARTS) is 1. The Hall–Kier alpha value is -3.72. The van der Waals surface area contributed by atoms with Gasteiger partial charge in [0.05, 0.1) is 17.4 Å². The summed E-state index contributed by atoms with van der Waals surface area (Å²) in [6.07, 6.45) is 7.64. The molecule has 2 bridgehead atoms. The Labute approximate surface area is 222 Å². The number of carbonyl (C=O) groups excluding carboxylic acids is 2. The molecule has 9 heteroatoms. The number of pyridine rings is 1. The highest BCUT2D eigenvalue weighted by Crippen LogP contribution is 2.37. The summed E-state index contributed by atoms with van der Waals surface area (Å²) in [4.78, 5) is 44.3. The zero-order chi connectivity index (χ0) is 26.6. The van der Waals surface area contributed by atoms with E-state index in [0.717, 1.165) is 62.0 Å². The fourth-order valence-electron chi connectivity index (χ4n) is 5.86. The largest absolute Gasteiger partial charge is 0.465 e. The average Bonchev–Trinajstić information content (AvgIpc) is 2.91. The van der Waals surface area contributed by atoms with Crippen LogP contribution < -0.4 is 16.0 Å². The molecule has 0 spiro atoms. The number of anilines is 2. The predicted molar refractivity (Wildman–Crippen MR) is 146 cm³/mol. The van der Waals surface area contributed by atoms with E-state index in [1.165, 1.54) is 5.57 Å². The van der Waals surface area contributed by atoms with Gasteiger partial charge in [0.2, 0.25) is 11.8 Å². The van der Waals surface area contributed by atoms with Crippen molar-refractivity contribution in [1.82, 2.24) is 15.2 Å². The van der Waals surface area contributed by atoms with E-state index in [1.807, 2.05) is 30.0 Å². The van der Waals surface area contributed by atoms with Crippen LogP contribution in [-0.2, 0) is 9.59 Å². The Bertz CT molecular complexity index is 1250. The highest BCUT2D eigenvalue weighted by Gasteiger charge is 2.31. The van der Waals surface area contributed by atoms with Crippen LogP contribution in [0, 0.1) is 11.8 Å². The van der Waals surface area contributed by atoms with E-state index >= 15 is 0 Å². The number of rotatable bonds is 3. The smallest absolute Gasteiger partial charge is 0.409 e. The molecule has 1 aromatic carbocycles. The number of nitrogens with one attached hydrogen (secondary N) is 3. The lowest BCUT2D eigenvalue weighted by Gasteiger charge is -2.36. The van der Waals surface area contributed by atoms with E-state index < -0.39 is 6.09 Å². The maximum absolute atomic E-state index is 13.4. The summed E-state index contributed by atoms with van der Waals surface area (Å²) in [5, 5.41) is 17.9. The second kappa shape index (κ2) is 11.3. The number of piperidine rings is 1. The lowest BCUT2D eigenvalue weighted by atomic mass is 9.85. The highest BCUT2D eigenvalue weighted by atomic mass is 16.4. The number of aromatic nitrogens is 1. The van der Waals surface area contributed by atoms with Crippen LogP contribution in [0.1, 0.15) is 57.2 Å². The first-order chi connectivity index (χ1) is 18.4. The van der Waals surface area contributed by atoms with Gasteiger partial charge in [-0.15, -0.1) is 0 Å². The summed E-state index contributed by atoms with van der Waals surface area (Å²) >= 11 is 0. The first-order valence-corrected chi connectivity index (χ1v) is 13.5. The van der Waals surface area contributed by atoms with Gasteiger partial charge in [-0.2, -0.15) is 0 Å². The second-order valence-electron chi connectivity index (χ2n) is 10.5. The van der Waals surface area contributed by atoms with E-state index in [1.54, 1.807) is 24.4 Å². The summed E-state index contributed by atoms with van der Waals surface area (Å²) in [6, 6.07) is 8.79. The number of amides is 3. The van der Waals surface area contributed by atoms with E-state index in [0.29, 0.717) is 30.3 Å². The third kappa shape index (κ3) is 5.72. The van der Waals surface area contributed by atoms with Crippen LogP contribution in [-0.4, -0.2) is 52.5 Å². The van der Waals surface area contributed by atoms with Gasteiger partial charge in [-0.25, -0.2) is 4.79 Å². The molecule has 0 aliphatic carbocycles.